The number of aromatic nitrogens is 1. The second-order valence-electron chi connectivity index (χ2n) is 5.35. The minimum atomic E-state index is -0.401. The van der Waals surface area contributed by atoms with E-state index in [2.05, 4.69) is 40.1 Å². The van der Waals surface area contributed by atoms with Gasteiger partial charge in [0.05, 0.1) is 9.40 Å². The van der Waals surface area contributed by atoms with Gasteiger partial charge in [-0.1, -0.05) is 20.3 Å². The number of nitrogens with one attached hydrogen (secondary N) is 1. The first-order valence-corrected chi connectivity index (χ1v) is 6.75. The second-order valence-corrected chi connectivity index (χ2v) is 6.20. The normalized spacial score (nSPS) is 21.8. The lowest BCUT2D eigenvalue weighted by Crippen LogP contribution is -2.31. The molecular formula is C12H16BrN3O2. The van der Waals surface area contributed by atoms with Gasteiger partial charge in [-0.25, -0.2) is 0 Å². The molecule has 1 atom stereocenters. The van der Waals surface area contributed by atoms with Crippen LogP contribution in [0.5, 0.6) is 0 Å². The third-order valence-corrected chi connectivity index (χ3v) is 4.25. The molecule has 0 bridgehead atoms. The molecule has 0 amide bonds. The van der Waals surface area contributed by atoms with Gasteiger partial charge in [-0.05, 0) is 34.2 Å². The number of pyridine rings is 1. The molecular weight excluding hydrogens is 298 g/mol. The van der Waals surface area contributed by atoms with Gasteiger partial charge in [0.1, 0.15) is 11.9 Å². The quantitative estimate of drug-likeness (QED) is 0.681. The van der Waals surface area contributed by atoms with E-state index in [1.807, 2.05) is 0 Å². The second kappa shape index (κ2) is 4.84. The zero-order chi connectivity index (χ0) is 13.3. The molecule has 1 heterocycles. The van der Waals surface area contributed by atoms with Crippen molar-refractivity contribution in [2.24, 2.45) is 5.41 Å². The number of rotatable bonds is 3. The minimum Gasteiger partial charge on any atom is -0.375 e. The van der Waals surface area contributed by atoms with E-state index in [1.54, 1.807) is 6.20 Å². The standard InChI is InChI=1S/C12H16BrN3O2/c1-12(2)5-3-4-10(12)15-11-8(13)6-14-7-9(11)16(17)18/h6-7,10H,3-5H2,1-2H3,(H,14,15). The Labute approximate surface area is 114 Å². The van der Waals surface area contributed by atoms with E-state index in [4.69, 9.17) is 0 Å². The van der Waals surface area contributed by atoms with Gasteiger partial charge in [-0.3, -0.25) is 15.1 Å². The van der Waals surface area contributed by atoms with Crippen molar-refractivity contribution in [1.29, 1.82) is 0 Å². The zero-order valence-electron chi connectivity index (χ0n) is 10.4. The van der Waals surface area contributed by atoms with Crippen LogP contribution in [0.1, 0.15) is 33.1 Å². The maximum Gasteiger partial charge on any atom is 0.311 e. The van der Waals surface area contributed by atoms with Crippen LogP contribution in [0.15, 0.2) is 16.9 Å². The number of halogens is 1. The van der Waals surface area contributed by atoms with Crippen LogP contribution in [-0.2, 0) is 0 Å². The van der Waals surface area contributed by atoms with Gasteiger partial charge < -0.3 is 5.32 Å². The zero-order valence-corrected chi connectivity index (χ0v) is 12.0. The average Bonchev–Trinajstić information content (AvgIpc) is 2.60. The number of hydrogen-bond donors (Lipinski definition) is 1. The highest BCUT2D eigenvalue weighted by Crippen LogP contribution is 2.41. The average molecular weight is 314 g/mol. The summed E-state index contributed by atoms with van der Waals surface area (Å²) >= 11 is 3.33. The van der Waals surface area contributed by atoms with Crippen LogP contribution in [0.2, 0.25) is 0 Å². The fourth-order valence-corrected chi connectivity index (χ4v) is 2.91. The molecule has 0 radical (unpaired) electrons. The highest BCUT2D eigenvalue weighted by Gasteiger charge is 2.35. The summed E-state index contributed by atoms with van der Waals surface area (Å²) < 4.78 is 0.638. The molecule has 1 saturated carbocycles. The van der Waals surface area contributed by atoms with Crippen molar-refractivity contribution in [1.82, 2.24) is 4.98 Å². The molecule has 0 aromatic carbocycles. The largest absolute Gasteiger partial charge is 0.375 e. The molecule has 98 valence electrons. The van der Waals surface area contributed by atoms with Crippen LogP contribution in [0.25, 0.3) is 0 Å². The lowest BCUT2D eigenvalue weighted by molar-refractivity contribution is -0.384. The van der Waals surface area contributed by atoms with Gasteiger partial charge in [-0.2, -0.15) is 0 Å². The molecule has 1 aliphatic carbocycles. The van der Waals surface area contributed by atoms with E-state index in [0.717, 1.165) is 19.3 Å². The molecule has 1 fully saturated rings. The van der Waals surface area contributed by atoms with Crippen molar-refractivity contribution < 1.29 is 4.92 Å². The van der Waals surface area contributed by atoms with E-state index < -0.39 is 4.92 Å². The number of nitro groups is 1. The summed E-state index contributed by atoms with van der Waals surface area (Å²) in [5.74, 6) is 0. The van der Waals surface area contributed by atoms with E-state index in [1.165, 1.54) is 6.20 Å². The van der Waals surface area contributed by atoms with Gasteiger partial charge >= 0.3 is 5.69 Å². The first-order valence-electron chi connectivity index (χ1n) is 5.96. The molecule has 18 heavy (non-hydrogen) atoms. The Balaban J connectivity index is 2.31. The smallest absolute Gasteiger partial charge is 0.311 e. The summed E-state index contributed by atoms with van der Waals surface area (Å²) in [7, 11) is 0. The first-order chi connectivity index (χ1) is 8.42. The molecule has 2 rings (SSSR count). The van der Waals surface area contributed by atoms with Crippen molar-refractivity contribution in [3.63, 3.8) is 0 Å². The van der Waals surface area contributed by atoms with Gasteiger partial charge in [0.2, 0.25) is 0 Å². The molecule has 1 unspecified atom stereocenters. The van der Waals surface area contributed by atoms with E-state index in [-0.39, 0.29) is 17.1 Å². The molecule has 0 spiro atoms. The Morgan fingerprint density at radius 2 is 2.28 bits per heavy atom. The number of hydrogen-bond acceptors (Lipinski definition) is 4. The van der Waals surface area contributed by atoms with Crippen LogP contribution < -0.4 is 5.32 Å². The fraction of sp³-hybridized carbons (Fsp3) is 0.583. The summed E-state index contributed by atoms with van der Waals surface area (Å²) in [5, 5.41) is 14.3. The molecule has 0 aliphatic heterocycles. The maximum absolute atomic E-state index is 11.0. The molecule has 1 aliphatic rings. The van der Waals surface area contributed by atoms with Crippen molar-refractivity contribution in [2.75, 3.05) is 5.32 Å². The van der Waals surface area contributed by atoms with Crippen molar-refractivity contribution >= 4 is 27.3 Å². The predicted octanol–water partition coefficient (Wildman–Crippen LogP) is 3.74. The predicted molar refractivity (Wildman–Crippen MR) is 73.6 cm³/mol. The van der Waals surface area contributed by atoms with Gasteiger partial charge in [-0.15, -0.1) is 0 Å². The van der Waals surface area contributed by atoms with Crippen LogP contribution in [0.3, 0.4) is 0 Å². The lowest BCUT2D eigenvalue weighted by atomic mass is 9.87. The third kappa shape index (κ3) is 2.48. The van der Waals surface area contributed by atoms with E-state index in [0.29, 0.717) is 10.2 Å². The third-order valence-electron chi connectivity index (χ3n) is 3.65. The summed E-state index contributed by atoms with van der Waals surface area (Å²) in [5.41, 5.74) is 0.721. The number of nitrogens with zero attached hydrogens (tertiary/aromatic N) is 2. The van der Waals surface area contributed by atoms with E-state index in [9.17, 15) is 10.1 Å². The molecule has 6 heteroatoms. The highest BCUT2D eigenvalue weighted by atomic mass is 79.9. The van der Waals surface area contributed by atoms with Gasteiger partial charge in [0.15, 0.2) is 0 Å². The summed E-state index contributed by atoms with van der Waals surface area (Å²) in [6, 6.07) is 0.259. The van der Waals surface area contributed by atoms with Crippen LogP contribution in [-0.4, -0.2) is 15.9 Å². The first kappa shape index (κ1) is 13.3. The Morgan fingerprint density at radius 3 is 2.83 bits per heavy atom. The Kier molecular flexibility index (Phi) is 3.56. The molecule has 1 aromatic heterocycles. The lowest BCUT2D eigenvalue weighted by Gasteiger charge is -2.28. The Morgan fingerprint density at radius 1 is 1.56 bits per heavy atom. The van der Waals surface area contributed by atoms with E-state index >= 15 is 0 Å². The SMILES string of the molecule is CC1(C)CCCC1Nc1c(Br)cncc1[N+](=O)[O-]. The molecule has 1 N–H and O–H groups in total. The Hall–Kier alpha value is -1.17. The molecule has 5 nitrogen and oxygen atoms in total. The minimum absolute atomic E-state index is 0.0204. The summed E-state index contributed by atoms with van der Waals surface area (Å²) in [4.78, 5) is 14.5. The Bertz CT molecular complexity index is 476. The molecule has 1 aromatic rings. The van der Waals surface area contributed by atoms with Crippen LogP contribution in [0, 0.1) is 15.5 Å². The van der Waals surface area contributed by atoms with Crippen molar-refractivity contribution in [3.8, 4) is 0 Å². The number of anilines is 1. The van der Waals surface area contributed by atoms with Gasteiger partial charge in [0, 0.05) is 12.2 Å². The molecule has 0 saturated heterocycles. The van der Waals surface area contributed by atoms with Crippen molar-refractivity contribution in [3.05, 3.63) is 27.0 Å². The van der Waals surface area contributed by atoms with Crippen LogP contribution in [0.4, 0.5) is 11.4 Å². The summed E-state index contributed by atoms with van der Waals surface area (Å²) in [6.07, 6.45) is 6.20. The van der Waals surface area contributed by atoms with Crippen LogP contribution >= 0.6 is 15.9 Å². The topological polar surface area (TPSA) is 68.1 Å². The highest BCUT2D eigenvalue weighted by molar-refractivity contribution is 9.10. The maximum atomic E-state index is 11.0. The fourth-order valence-electron chi connectivity index (χ4n) is 2.47. The monoisotopic (exact) mass is 313 g/mol. The van der Waals surface area contributed by atoms with Crippen molar-refractivity contribution in [2.45, 2.75) is 39.2 Å². The van der Waals surface area contributed by atoms with Gasteiger partial charge in [0.25, 0.3) is 0 Å². The summed E-state index contributed by atoms with van der Waals surface area (Å²) in [6.45, 7) is 4.39.